The van der Waals surface area contributed by atoms with Crippen LogP contribution in [0.3, 0.4) is 0 Å². The quantitative estimate of drug-likeness (QED) is 0.646. The van der Waals surface area contributed by atoms with E-state index in [1.807, 2.05) is 0 Å². The van der Waals surface area contributed by atoms with Crippen LogP contribution >= 0.6 is 0 Å². The summed E-state index contributed by atoms with van der Waals surface area (Å²) in [4.78, 5) is 15.9. The lowest BCUT2D eigenvalue weighted by Gasteiger charge is -2.37. The number of sulfonamides is 1. The van der Waals surface area contributed by atoms with Gasteiger partial charge < -0.3 is 9.80 Å². The largest absolute Gasteiger partial charge is 0.416 e. The first-order valence-electron chi connectivity index (χ1n) is 9.38. The fourth-order valence-electron chi connectivity index (χ4n) is 3.32. The molecular weight excluding hydrogens is 438 g/mol. The molecule has 0 aliphatic carbocycles. The van der Waals surface area contributed by atoms with Crippen LogP contribution in [-0.4, -0.2) is 58.2 Å². The van der Waals surface area contributed by atoms with Crippen molar-refractivity contribution in [3.63, 3.8) is 0 Å². The van der Waals surface area contributed by atoms with Gasteiger partial charge in [0.05, 0.1) is 17.5 Å². The zero-order valence-electron chi connectivity index (χ0n) is 16.6. The number of carbonyl (C=O) groups excluding carboxylic acids is 1. The SMILES string of the molecule is CS(=O)(=O)N(CC(=O)N1CCN(c2cccc(C(F)(F)F)c2)CC1)c1ccc(F)cc1. The molecule has 1 amide bonds. The number of hydrogen-bond donors (Lipinski definition) is 0. The standard InChI is InChI=1S/C20H21F4N3O3S/c1-31(29,30)27(17-7-5-16(21)6-8-17)14-19(28)26-11-9-25(10-12-26)18-4-2-3-15(13-18)20(22,23)24/h2-8,13H,9-12,14H2,1H3. The molecular formula is C20H21F4N3O3S. The minimum absolute atomic E-state index is 0.167. The average molecular weight is 459 g/mol. The van der Waals surface area contributed by atoms with Gasteiger partial charge in [-0.2, -0.15) is 13.2 Å². The monoisotopic (exact) mass is 459 g/mol. The van der Waals surface area contributed by atoms with Crippen LogP contribution in [-0.2, 0) is 21.0 Å². The summed E-state index contributed by atoms with van der Waals surface area (Å²) < 4.78 is 77.2. The number of anilines is 2. The molecule has 0 aromatic heterocycles. The van der Waals surface area contributed by atoms with Crippen LogP contribution in [0.25, 0.3) is 0 Å². The number of rotatable bonds is 5. The summed E-state index contributed by atoms with van der Waals surface area (Å²) in [6.45, 7) is 0.630. The van der Waals surface area contributed by atoms with Gasteiger partial charge in [0.1, 0.15) is 12.4 Å². The van der Waals surface area contributed by atoms with Crippen LogP contribution < -0.4 is 9.21 Å². The Kier molecular flexibility index (Phi) is 6.44. The fourth-order valence-corrected chi connectivity index (χ4v) is 4.17. The third-order valence-corrected chi connectivity index (χ3v) is 6.11. The maximum Gasteiger partial charge on any atom is 0.416 e. The van der Waals surface area contributed by atoms with Gasteiger partial charge in [-0.3, -0.25) is 9.10 Å². The molecule has 3 rings (SSSR count). The number of nitrogens with zero attached hydrogens (tertiary/aromatic N) is 3. The normalized spacial score (nSPS) is 15.1. The zero-order valence-corrected chi connectivity index (χ0v) is 17.5. The van der Waals surface area contributed by atoms with Crippen molar-refractivity contribution in [2.75, 3.05) is 48.2 Å². The van der Waals surface area contributed by atoms with E-state index in [0.29, 0.717) is 18.8 Å². The molecule has 1 aliphatic rings. The molecule has 1 aliphatic heterocycles. The van der Waals surface area contributed by atoms with Crippen molar-refractivity contribution in [2.45, 2.75) is 6.18 Å². The molecule has 6 nitrogen and oxygen atoms in total. The molecule has 0 bridgehead atoms. The summed E-state index contributed by atoms with van der Waals surface area (Å²) in [6.07, 6.45) is -3.49. The lowest BCUT2D eigenvalue weighted by atomic mass is 10.1. The van der Waals surface area contributed by atoms with Crippen molar-refractivity contribution < 1.29 is 30.8 Å². The summed E-state index contributed by atoms with van der Waals surface area (Å²) in [6, 6.07) is 9.73. The first-order valence-corrected chi connectivity index (χ1v) is 11.2. The van der Waals surface area contributed by atoms with Crippen molar-refractivity contribution in [2.24, 2.45) is 0 Å². The second kappa shape index (κ2) is 8.74. The second-order valence-corrected chi connectivity index (χ2v) is 9.07. The van der Waals surface area contributed by atoms with Crippen molar-refractivity contribution in [3.05, 3.63) is 59.9 Å². The number of piperazine rings is 1. The molecule has 2 aromatic rings. The molecule has 1 heterocycles. The Morgan fingerprint density at radius 3 is 2.19 bits per heavy atom. The van der Waals surface area contributed by atoms with Crippen LogP contribution in [0.4, 0.5) is 28.9 Å². The van der Waals surface area contributed by atoms with E-state index in [9.17, 15) is 30.8 Å². The molecule has 31 heavy (non-hydrogen) atoms. The van der Waals surface area contributed by atoms with E-state index in [4.69, 9.17) is 0 Å². The summed E-state index contributed by atoms with van der Waals surface area (Å²) in [7, 11) is -3.79. The van der Waals surface area contributed by atoms with Gasteiger partial charge in [-0.25, -0.2) is 12.8 Å². The Morgan fingerprint density at radius 1 is 1.03 bits per heavy atom. The number of alkyl halides is 3. The highest BCUT2D eigenvalue weighted by atomic mass is 32.2. The Hall–Kier alpha value is -2.82. The van der Waals surface area contributed by atoms with Gasteiger partial charge in [-0.15, -0.1) is 0 Å². The average Bonchev–Trinajstić information content (AvgIpc) is 2.71. The van der Waals surface area contributed by atoms with Crippen molar-refractivity contribution in [3.8, 4) is 0 Å². The number of amides is 1. The maximum atomic E-state index is 13.2. The van der Waals surface area contributed by atoms with Gasteiger partial charge >= 0.3 is 6.18 Å². The van der Waals surface area contributed by atoms with Gasteiger partial charge in [0.15, 0.2) is 0 Å². The van der Waals surface area contributed by atoms with Gasteiger partial charge in [0, 0.05) is 31.9 Å². The van der Waals surface area contributed by atoms with Crippen molar-refractivity contribution >= 4 is 27.3 Å². The topological polar surface area (TPSA) is 60.9 Å². The molecule has 1 fully saturated rings. The van der Waals surface area contributed by atoms with E-state index < -0.39 is 40.0 Å². The first-order chi connectivity index (χ1) is 14.4. The summed E-state index contributed by atoms with van der Waals surface area (Å²) in [5.74, 6) is -0.979. The third kappa shape index (κ3) is 5.66. The van der Waals surface area contributed by atoms with E-state index >= 15 is 0 Å². The minimum Gasteiger partial charge on any atom is -0.368 e. The molecule has 2 aromatic carbocycles. The van der Waals surface area contributed by atoms with Gasteiger partial charge in [0.2, 0.25) is 15.9 Å². The highest BCUT2D eigenvalue weighted by Crippen LogP contribution is 2.32. The van der Waals surface area contributed by atoms with E-state index in [-0.39, 0.29) is 18.8 Å². The second-order valence-electron chi connectivity index (χ2n) is 7.16. The highest BCUT2D eigenvalue weighted by molar-refractivity contribution is 7.92. The van der Waals surface area contributed by atoms with E-state index in [1.165, 1.54) is 23.1 Å². The summed E-state index contributed by atoms with van der Waals surface area (Å²) in [5.41, 5.74) is -0.169. The molecule has 1 saturated heterocycles. The number of carbonyl (C=O) groups is 1. The Bertz CT molecular complexity index is 1030. The molecule has 0 spiro atoms. The Labute approximate surface area is 177 Å². The molecule has 0 N–H and O–H groups in total. The highest BCUT2D eigenvalue weighted by Gasteiger charge is 2.31. The predicted molar refractivity (Wildman–Crippen MR) is 109 cm³/mol. The number of hydrogen-bond acceptors (Lipinski definition) is 4. The molecule has 168 valence electrons. The van der Waals surface area contributed by atoms with E-state index in [1.54, 1.807) is 11.0 Å². The smallest absolute Gasteiger partial charge is 0.368 e. The van der Waals surface area contributed by atoms with Crippen molar-refractivity contribution in [1.82, 2.24) is 4.90 Å². The predicted octanol–water partition coefficient (Wildman–Crippen LogP) is 2.96. The summed E-state index contributed by atoms with van der Waals surface area (Å²) >= 11 is 0. The zero-order chi connectivity index (χ0) is 22.8. The van der Waals surface area contributed by atoms with E-state index in [0.717, 1.165) is 34.8 Å². The molecule has 0 saturated carbocycles. The Morgan fingerprint density at radius 2 is 1.65 bits per heavy atom. The first kappa shape index (κ1) is 22.9. The fraction of sp³-hybridized carbons (Fsp3) is 0.350. The van der Waals surface area contributed by atoms with Gasteiger partial charge in [-0.05, 0) is 42.5 Å². The van der Waals surface area contributed by atoms with Gasteiger partial charge in [-0.1, -0.05) is 6.07 Å². The van der Waals surface area contributed by atoms with Crippen LogP contribution in [0.15, 0.2) is 48.5 Å². The lowest BCUT2D eigenvalue weighted by Crippen LogP contribution is -2.52. The molecule has 0 unspecified atom stereocenters. The molecule has 0 radical (unpaired) electrons. The van der Waals surface area contributed by atoms with E-state index in [2.05, 4.69) is 0 Å². The number of benzene rings is 2. The lowest BCUT2D eigenvalue weighted by molar-refractivity contribution is -0.137. The Balaban J connectivity index is 1.66. The summed E-state index contributed by atoms with van der Waals surface area (Å²) in [5, 5.41) is 0. The van der Waals surface area contributed by atoms with Gasteiger partial charge in [0.25, 0.3) is 0 Å². The number of halogens is 4. The van der Waals surface area contributed by atoms with Crippen molar-refractivity contribution in [1.29, 1.82) is 0 Å². The maximum absolute atomic E-state index is 13.2. The third-order valence-electron chi connectivity index (χ3n) is 4.96. The minimum atomic E-state index is -4.44. The molecule has 11 heteroatoms. The van der Waals surface area contributed by atoms with Crippen LogP contribution in [0, 0.1) is 5.82 Å². The van der Waals surface area contributed by atoms with Crippen LogP contribution in [0.2, 0.25) is 0 Å². The van der Waals surface area contributed by atoms with Crippen LogP contribution in [0.5, 0.6) is 0 Å². The molecule has 0 atom stereocenters. The van der Waals surface area contributed by atoms with Crippen LogP contribution in [0.1, 0.15) is 5.56 Å².